The first-order valence-electron chi connectivity index (χ1n) is 7.64. The zero-order valence-corrected chi connectivity index (χ0v) is 13.8. The van der Waals surface area contributed by atoms with Crippen LogP contribution in [0.5, 0.6) is 0 Å². The molecule has 0 spiro atoms. The Morgan fingerprint density at radius 3 is 2.78 bits per heavy atom. The highest BCUT2D eigenvalue weighted by atomic mass is 16.5. The minimum atomic E-state index is -0.119. The third-order valence-corrected chi connectivity index (χ3v) is 3.51. The van der Waals surface area contributed by atoms with Crippen LogP contribution < -0.4 is 5.32 Å². The molecule has 23 heavy (non-hydrogen) atoms. The molecule has 0 aliphatic carbocycles. The number of carbonyl (C=O) groups is 1. The van der Waals surface area contributed by atoms with E-state index >= 15 is 0 Å². The molecule has 2 aromatic rings. The SMILES string of the molecule is Cc1cc(-n2c(C)cc(C(=O)NCCCOCCO)c2C)no1. The summed E-state index contributed by atoms with van der Waals surface area (Å²) in [5, 5.41) is 15.5. The van der Waals surface area contributed by atoms with Crippen molar-refractivity contribution < 1.29 is 19.2 Å². The fourth-order valence-corrected chi connectivity index (χ4v) is 2.44. The Morgan fingerprint density at radius 2 is 2.13 bits per heavy atom. The van der Waals surface area contributed by atoms with Gasteiger partial charge in [-0.25, -0.2) is 0 Å². The third kappa shape index (κ3) is 4.20. The van der Waals surface area contributed by atoms with E-state index in [0.717, 1.165) is 17.1 Å². The summed E-state index contributed by atoms with van der Waals surface area (Å²) in [6.45, 7) is 7.02. The van der Waals surface area contributed by atoms with Gasteiger partial charge in [0.05, 0.1) is 18.8 Å². The van der Waals surface area contributed by atoms with Crippen molar-refractivity contribution in [2.24, 2.45) is 0 Å². The summed E-state index contributed by atoms with van der Waals surface area (Å²) in [6.07, 6.45) is 0.701. The van der Waals surface area contributed by atoms with Gasteiger partial charge in [-0.15, -0.1) is 0 Å². The Balaban J connectivity index is 1.99. The van der Waals surface area contributed by atoms with Crippen LogP contribution in [0.3, 0.4) is 0 Å². The quantitative estimate of drug-likeness (QED) is 0.720. The molecule has 0 saturated carbocycles. The van der Waals surface area contributed by atoms with E-state index in [1.807, 2.05) is 37.5 Å². The second-order valence-corrected chi connectivity index (χ2v) is 5.36. The van der Waals surface area contributed by atoms with Gasteiger partial charge in [-0.05, 0) is 33.3 Å². The topological polar surface area (TPSA) is 89.5 Å². The molecule has 126 valence electrons. The van der Waals surface area contributed by atoms with Gasteiger partial charge in [-0.3, -0.25) is 9.36 Å². The highest BCUT2D eigenvalue weighted by Crippen LogP contribution is 2.20. The van der Waals surface area contributed by atoms with E-state index in [4.69, 9.17) is 14.4 Å². The first kappa shape index (κ1) is 17.2. The maximum absolute atomic E-state index is 12.3. The van der Waals surface area contributed by atoms with E-state index in [0.29, 0.717) is 37.6 Å². The lowest BCUT2D eigenvalue weighted by Gasteiger charge is -2.07. The number of nitrogens with zero attached hydrogens (tertiary/aromatic N) is 2. The van der Waals surface area contributed by atoms with Crippen LogP contribution >= 0.6 is 0 Å². The third-order valence-electron chi connectivity index (χ3n) is 3.51. The highest BCUT2D eigenvalue weighted by molar-refractivity contribution is 5.95. The van der Waals surface area contributed by atoms with Crippen molar-refractivity contribution in [2.45, 2.75) is 27.2 Å². The molecule has 7 nitrogen and oxygen atoms in total. The zero-order valence-electron chi connectivity index (χ0n) is 13.8. The molecule has 1 amide bonds. The molecule has 0 radical (unpaired) electrons. The molecule has 0 fully saturated rings. The Kier molecular flexibility index (Phi) is 5.95. The Morgan fingerprint density at radius 1 is 1.35 bits per heavy atom. The average Bonchev–Trinajstić information content (AvgIpc) is 3.06. The van der Waals surface area contributed by atoms with Crippen LogP contribution in [0.4, 0.5) is 0 Å². The molecule has 2 aromatic heterocycles. The number of nitrogens with one attached hydrogen (secondary N) is 1. The standard InChI is InChI=1S/C16H23N3O4/c1-11-9-14(16(21)17-5-4-7-22-8-6-20)13(3)19(11)15-10-12(2)23-18-15/h9-10,20H,4-8H2,1-3H3,(H,17,21). The molecule has 0 bridgehead atoms. The van der Waals surface area contributed by atoms with Crippen molar-refractivity contribution in [1.29, 1.82) is 0 Å². The summed E-state index contributed by atoms with van der Waals surface area (Å²) in [6, 6.07) is 3.68. The number of amides is 1. The first-order valence-corrected chi connectivity index (χ1v) is 7.64. The molecule has 2 rings (SSSR count). The van der Waals surface area contributed by atoms with Crippen molar-refractivity contribution in [1.82, 2.24) is 15.0 Å². The van der Waals surface area contributed by atoms with Crippen molar-refractivity contribution in [2.75, 3.05) is 26.4 Å². The Hall–Kier alpha value is -2.12. The second kappa shape index (κ2) is 7.94. The normalized spacial score (nSPS) is 11.0. The van der Waals surface area contributed by atoms with Gasteiger partial charge >= 0.3 is 0 Å². The lowest BCUT2D eigenvalue weighted by molar-refractivity contribution is 0.0867. The van der Waals surface area contributed by atoms with E-state index < -0.39 is 0 Å². The molecule has 0 aliphatic rings. The predicted octanol–water partition coefficient (Wildman–Crippen LogP) is 1.52. The fraction of sp³-hybridized carbons (Fsp3) is 0.500. The minimum absolute atomic E-state index is 0.0138. The van der Waals surface area contributed by atoms with Crippen LogP contribution in [0.25, 0.3) is 5.82 Å². The summed E-state index contributed by atoms with van der Waals surface area (Å²) in [7, 11) is 0. The first-order chi connectivity index (χ1) is 11.0. The predicted molar refractivity (Wildman–Crippen MR) is 84.9 cm³/mol. The summed E-state index contributed by atoms with van der Waals surface area (Å²) in [5.41, 5.74) is 2.37. The van der Waals surface area contributed by atoms with Gasteiger partial charge in [0, 0.05) is 30.6 Å². The maximum atomic E-state index is 12.3. The number of aromatic nitrogens is 2. The molecular formula is C16H23N3O4. The van der Waals surface area contributed by atoms with Gasteiger partial charge in [0.2, 0.25) is 0 Å². The fourth-order valence-electron chi connectivity index (χ4n) is 2.44. The van der Waals surface area contributed by atoms with Crippen LogP contribution in [0.2, 0.25) is 0 Å². The van der Waals surface area contributed by atoms with Gasteiger partial charge in [-0.2, -0.15) is 0 Å². The smallest absolute Gasteiger partial charge is 0.253 e. The number of aliphatic hydroxyl groups is 1. The van der Waals surface area contributed by atoms with Gasteiger partial charge in [0.15, 0.2) is 5.82 Å². The minimum Gasteiger partial charge on any atom is -0.394 e. The molecule has 0 aliphatic heterocycles. The Bertz CT molecular complexity index is 660. The van der Waals surface area contributed by atoms with E-state index in [9.17, 15) is 4.79 Å². The molecule has 0 atom stereocenters. The number of ether oxygens (including phenoxy) is 1. The maximum Gasteiger partial charge on any atom is 0.253 e. The number of hydrogen-bond donors (Lipinski definition) is 2. The summed E-state index contributed by atoms with van der Waals surface area (Å²) in [5.74, 6) is 1.28. The Labute approximate surface area is 135 Å². The summed E-state index contributed by atoms with van der Waals surface area (Å²) < 4.78 is 12.2. The second-order valence-electron chi connectivity index (χ2n) is 5.36. The van der Waals surface area contributed by atoms with Gasteiger partial charge in [0.1, 0.15) is 5.76 Å². The summed E-state index contributed by atoms with van der Waals surface area (Å²) >= 11 is 0. The van der Waals surface area contributed by atoms with E-state index in [2.05, 4.69) is 10.5 Å². The van der Waals surface area contributed by atoms with Crippen LogP contribution in [0, 0.1) is 20.8 Å². The van der Waals surface area contributed by atoms with Gasteiger partial charge in [0.25, 0.3) is 5.91 Å². The van der Waals surface area contributed by atoms with Crippen LogP contribution in [0.15, 0.2) is 16.7 Å². The molecule has 0 aromatic carbocycles. The monoisotopic (exact) mass is 321 g/mol. The largest absolute Gasteiger partial charge is 0.394 e. The van der Waals surface area contributed by atoms with Crippen molar-refractivity contribution >= 4 is 5.91 Å². The zero-order chi connectivity index (χ0) is 16.8. The van der Waals surface area contributed by atoms with E-state index in [-0.39, 0.29) is 12.5 Å². The number of aliphatic hydroxyl groups excluding tert-OH is 1. The van der Waals surface area contributed by atoms with Crippen LogP contribution in [0.1, 0.15) is 33.9 Å². The lowest BCUT2D eigenvalue weighted by atomic mass is 10.2. The van der Waals surface area contributed by atoms with Crippen molar-refractivity contribution in [3.8, 4) is 5.82 Å². The lowest BCUT2D eigenvalue weighted by Crippen LogP contribution is -2.25. The molecule has 2 heterocycles. The van der Waals surface area contributed by atoms with Crippen molar-refractivity contribution in [3.63, 3.8) is 0 Å². The molecule has 7 heteroatoms. The summed E-state index contributed by atoms with van der Waals surface area (Å²) in [4.78, 5) is 12.3. The molecule has 0 saturated heterocycles. The number of hydrogen-bond acceptors (Lipinski definition) is 5. The van der Waals surface area contributed by atoms with E-state index in [1.165, 1.54) is 0 Å². The molecular weight excluding hydrogens is 298 g/mol. The van der Waals surface area contributed by atoms with Crippen LogP contribution in [-0.4, -0.2) is 47.1 Å². The van der Waals surface area contributed by atoms with Gasteiger partial charge < -0.3 is 19.7 Å². The number of rotatable bonds is 8. The average molecular weight is 321 g/mol. The highest BCUT2D eigenvalue weighted by Gasteiger charge is 2.18. The number of carbonyl (C=O) groups excluding carboxylic acids is 1. The van der Waals surface area contributed by atoms with E-state index in [1.54, 1.807) is 0 Å². The number of aryl methyl sites for hydroxylation is 2. The molecule has 2 N–H and O–H groups in total. The van der Waals surface area contributed by atoms with Crippen molar-refractivity contribution in [3.05, 3.63) is 34.8 Å². The van der Waals surface area contributed by atoms with Gasteiger partial charge in [-0.1, -0.05) is 5.16 Å². The van der Waals surface area contributed by atoms with Crippen LogP contribution in [-0.2, 0) is 4.74 Å². The molecule has 0 unspecified atom stereocenters.